The molecule has 0 unspecified atom stereocenters. The van der Waals surface area contributed by atoms with Crippen LogP contribution in [0.4, 0.5) is 0 Å². The minimum atomic E-state index is -0.619. The van der Waals surface area contributed by atoms with Crippen LogP contribution in [0.25, 0.3) is 78.4 Å². The van der Waals surface area contributed by atoms with Gasteiger partial charge in [0.2, 0.25) is 0 Å². The number of para-hydroxylation sites is 4. The van der Waals surface area contributed by atoms with Crippen LogP contribution in [0.15, 0.2) is 192 Å². The van der Waals surface area contributed by atoms with E-state index < -0.39 is 5.41 Å². The standard InChI is InChI=1S/C52H31N3O2/c1-2-16-32(17-3-1)33-18-4-5-20-36(33)49-53-50(55-51(54-49)39-24-14-22-35-34-19-7-11-29-44(34)57-48(35)39)38-23-15-28-43-47(38)37-21-6-8-25-40(37)52(43)41-26-9-12-30-45(41)56-46-31-13-10-27-42(46)52/h1-31H. The Balaban J connectivity index is 1.17. The lowest BCUT2D eigenvalue weighted by Gasteiger charge is -2.39. The van der Waals surface area contributed by atoms with Crippen molar-refractivity contribution in [3.8, 4) is 67.9 Å². The van der Waals surface area contributed by atoms with E-state index in [1.54, 1.807) is 0 Å². The molecule has 1 spiro atoms. The van der Waals surface area contributed by atoms with Crippen LogP contribution in [-0.4, -0.2) is 15.0 Å². The second-order valence-corrected chi connectivity index (χ2v) is 14.6. The van der Waals surface area contributed by atoms with Gasteiger partial charge in [0.15, 0.2) is 17.5 Å². The van der Waals surface area contributed by atoms with E-state index in [9.17, 15) is 0 Å². The fraction of sp³-hybridized carbons (Fsp3) is 0.0192. The first-order chi connectivity index (χ1) is 28.3. The van der Waals surface area contributed by atoms with Crippen molar-refractivity contribution >= 4 is 21.9 Å². The lowest BCUT2D eigenvalue weighted by Crippen LogP contribution is -2.32. The summed E-state index contributed by atoms with van der Waals surface area (Å²) in [6.07, 6.45) is 0. The smallest absolute Gasteiger partial charge is 0.167 e. The molecule has 0 amide bonds. The summed E-state index contributed by atoms with van der Waals surface area (Å²) in [6, 6.07) is 65.3. The number of rotatable bonds is 4. The zero-order valence-corrected chi connectivity index (χ0v) is 30.6. The molecule has 10 aromatic rings. The van der Waals surface area contributed by atoms with E-state index >= 15 is 0 Å². The molecule has 12 rings (SSSR count). The highest BCUT2D eigenvalue weighted by Crippen LogP contribution is 2.63. The molecule has 0 N–H and O–H groups in total. The van der Waals surface area contributed by atoms with Crippen molar-refractivity contribution in [1.29, 1.82) is 0 Å². The predicted octanol–water partition coefficient (Wildman–Crippen LogP) is 12.9. The minimum Gasteiger partial charge on any atom is -0.457 e. The molecule has 5 nitrogen and oxygen atoms in total. The summed E-state index contributed by atoms with van der Waals surface area (Å²) >= 11 is 0. The molecule has 0 saturated heterocycles. The van der Waals surface area contributed by atoms with Gasteiger partial charge in [-0.15, -0.1) is 0 Å². The molecular weight excluding hydrogens is 699 g/mol. The summed E-state index contributed by atoms with van der Waals surface area (Å²) in [5, 5.41) is 2.07. The van der Waals surface area contributed by atoms with Gasteiger partial charge in [-0.1, -0.05) is 164 Å². The van der Waals surface area contributed by atoms with Crippen molar-refractivity contribution in [2.75, 3.05) is 0 Å². The van der Waals surface area contributed by atoms with Crippen molar-refractivity contribution in [3.63, 3.8) is 0 Å². The number of aromatic nitrogens is 3. The van der Waals surface area contributed by atoms with Crippen molar-refractivity contribution in [2.45, 2.75) is 5.41 Å². The molecule has 0 atom stereocenters. The second-order valence-electron chi connectivity index (χ2n) is 14.6. The Morgan fingerprint density at radius 1 is 0.351 bits per heavy atom. The fourth-order valence-corrected chi connectivity index (χ4v) is 9.30. The largest absolute Gasteiger partial charge is 0.457 e. The van der Waals surface area contributed by atoms with Crippen LogP contribution in [0, 0.1) is 0 Å². The van der Waals surface area contributed by atoms with Gasteiger partial charge in [-0.3, -0.25) is 0 Å². The molecule has 0 fully saturated rings. The van der Waals surface area contributed by atoms with Crippen LogP contribution < -0.4 is 4.74 Å². The van der Waals surface area contributed by atoms with Gasteiger partial charge in [0.1, 0.15) is 22.7 Å². The summed E-state index contributed by atoms with van der Waals surface area (Å²) in [5.74, 6) is 3.42. The number of benzene rings is 8. The van der Waals surface area contributed by atoms with Crippen molar-refractivity contribution in [1.82, 2.24) is 15.0 Å². The molecule has 1 aliphatic heterocycles. The van der Waals surface area contributed by atoms with E-state index in [0.29, 0.717) is 17.5 Å². The Labute approximate surface area is 328 Å². The number of ether oxygens (including phenoxy) is 1. The molecule has 0 radical (unpaired) electrons. The van der Waals surface area contributed by atoms with Crippen LogP contribution in [0.3, 0.4) is 0 Å². The Morgan fingerprint density at radius 3 is 1.63 bits per heavy atom. The third kappa shape index (κ3) is 4.54. The van der Waals surface area contributed by atoms with Gasteiger partial charge in [0.05, 0.1) is 11.0 Å². The summed E-state index contributed by atoms with van der Waals surface area (Å²) in [5.41, 5.74) is 12.6. The number of nitrogens with zero attached hydrogens (tertiary/aromatic N) is 3. The SMILES string of the molecule is c1ccc(-c2ccccc2-c2nc(-c3cccc4c3-c3ccccc3C43c4ccccc4Oc4ccccc43)nc(-c3cccc4c3oc3ccccc34)n2)cc1. The van der Waals surface area contributed by atoms with Crippen LogP contribution in [-0.2, 0) is 5.41 Å². The molecule has 2 aromatic heterocycles. The number of furan rings is 1. The van der Waals surface area contributed by atoms with E-state index in [-0.39, 0.29) is 0 Å². The zero-order chi connectivity index (χ0) is 37.5. The Kier molecular flexibility index (Phi) is 6.78. The molecule has 1 aliphatic carbocycles. The van der Waals surface area contributed by atoms with Crippen molar-refractivity contribution in [2.24, 2.45) is 0 Å². The maximum Gasteiger partial charge on any atom is 0.167 e. The Morgan fingerprint density at radius 2 is 0.860 bits per heavy atom. The monoisotopic (exact) mass is 729 g/mol. The van der Waals surface area contributed by atoms with E-state index in [0.717, 1.165) is 89.1 Å². The quantitative estimate of drug-likeness (QED) is 0.180. The van der Waals surface area contributed by atoms with Gasteiger partial charge in [0.25, 0.3) is 0 Å². The Bertz CT molecular complexity index is 3190. The Hall–Kier alpha value is -7.63. The molecule has 266 valence electrons. The van der Waals surface area contributed by atoms with Crippen molar-refractivity contribution in [3.05, 3.63) is 210 Å². The number of hydrogen-bond acceptors (Lipinski definition) is 5. The number of fused-ring (bicyclic) bond motifs is 12. The predicted molar refractivity (Wildman–Crippen MR) is 226 cm³/mol. The summed E-state index contributed by atoms with van der Waals surface area (Å²) in [6.45, 7) is 0. The minimum absolute atomic E-state index is 0.544. The highest BCUT2D eigenvalue weighted by Gasteiger charge is 2.51. The van der Waals surface area contributed by atoms with Crippen LogP contribution in [0.1, 0.15) is 22.3 Å². The molecule has 3 heterocycles. The molecule has 5 heteroatoms. The summed E-state index contributed by atoms with van der Waals surface area (Å²) in [7, 11) is 0. The van der Waals surface area contributed by atoms with Gasteiger partial charge < -0.3 is 9.15 Å². The lowest BCUT2D eigenvalue weighted by molar-refractivity contribution is 0.436. The summed E-state index contributed by atoms with van der Waals surface area (Å²) < 4.78 is 13.2. The van der Waals surface area contributed by atoms with Crippen molar-refractivity contribution < 1.29 is 9.15 Å². The third-order valence-corrected chi connectivity index (χ3v) is 11.6. The average molecular weight is 730 g/mol. The first-order valence-electron chi connectivity index (χ1n) is 19.2. The molecule has 57 heavy (non-hydrogen) atoms. The number of hydrogen-bond donors (Lipinski definition) is 0. The molecular formula is C52H31N3O2. The first-order valence-corrected chi connectivity index (χ1v) is 19.2. The lowest BCUT2D eigenvalue weighted by atomic mass is 9.66. The van der Waals surface area contributed by atoms with E-state index in [2.05, 4.69) is 140 Å². The third-order valence-electron chi connectivity index (χ3n) is 11.6. The second kappa shape index (κ2) is 12.2. The van der Waals surface area contributed by atoms with Crippen LogP contribution >= 0.6 is 0 Å². The molecule has 2 aliphatic rings. The van der Waals surface area contributed by atoms with E-state index in [1.165, 1.54) is 5.56 Å². The maximum atomic E-state index is 6.60. The molecule has 0 bridgehead atoms. The van der Waals surface area contributed by atoms with Gasteiger partial charge in [-0.25, -0.2) is 15.0 Å². The maximum absolute atomic E-state index is 6.60. The van der Waals surface area contributed by atoms with Crippen LogP contribution in [0.5, 0.6) is 11.5 Å². The summed E-state index contributed by atoms with van der Waals surface area (Å²) in [4.78, 5) is 16.1. The van der Waals surface area contributed by atoms with Crippen LogP contribution in [0.2, 0.25) is 0 Å². The highest BCUT2D eigenvalue weighted by molar-refractivity contribution is 6.09. The van der Waals surface area contributed by atoms with E-state index in [1.807, 2.05) is 48.5 Å². The van der Waals surface area contributed by atoms with Gasteiger partial charge in [-0.05, 0) is 57.6 Å². The topological polar surface area (TPSA) is 61.0 Å². The molecule has 8 aromatic carbocycles. The van der Waals surface area contributed by atoms with Gasteiger partial charge in [0, 0.05) is 33.0 Å². The highest BCUT2D eigenvalue weighted by atomic mass is 16.5. The van der Waals surface area contributed by atoms with Gasteiger partial charge in [-0.2, -0.15) is 0 Å². The zero-order valence-electron chi connectivity index (χ0n) is 30.6. The fourth-order valence-electron chi connectivity index (χ4n) is 9.30. The molecule has 0 saturated carbocycles. The van der Waals surface area contributed by atoms with Gasteiger partial charge >= 0.3 is 0 Å². The van der Waals surface area contributed by atoms with E-state index in [4.69, 9.17) is 24.1 Å². The average Bonchev–Trinajstić information content (AvgIpc) is 3.81. The normalized spacial score (nSPS) is 13.2. The first kappa shape index (κ1) is 31.7.